The molecule has 0 aliphatic heterocycles. The fourth-order valence-electron chi connectivity index (χ4n) is 0.453. The van der Waals surface area contributed by atoms with Crippen molar-refractivity contribution in [2.24, 2.45) is 0 Å². The van der Waals surface area contributed by atoms with Crippen LogP contribution in [0.15, 0.2) is 37.4 Å². The maximum atomic E-state index is 8.65. The molecule has 0 fully saturated rings. The normalized spacial score (nSPS) is 7.57. The molecule has 4 heteroatoms. The highest BCUT2D eigenvalue weighted by Crippen LogP contribution is 2.13. The van der Waals surface area contributed by atoms with Crippen LogP contribution < -0.4 is 0 Å². The van der Waals surface area contributed by atoms with Crippen molar-refractivity contribution in [3.63, 3.8) is 0 Å². The van der Waals surface area contributed by atoms with Crippen LogP contribution in [-0.4, -0.2) is 33.6 Å². The molecule has 0 aromatic heterocycles. The highest BCUT2D eigenvalue weighted by molar-refractivity contribution is 5.28. The van der Waals surface area contributed by atoms with E-state index in [0.29, 0.717) is 0 Å². The maximum absolute atomic E-state index is 8.65. The first-order chi connectivity index (χ1) is 6.70. The summed E-state index contributed by atoms with van der Waals surface area (Å²) in [7, 11) is 0. The van der Waals surface area contributed by atoms with Gasteiger partial charge in [-0.1, -0.05) is 0 Å². The van der Waals surface area contributed by atoms with E-state index in [0.717, 1.165) is 0 Å². The van der Waals surface area contributed by atoms with Crippen molar-refractivity contribution in [3.05, 3.63) is 37.4 Å². The second-order valence-corrected chi connectivity index (χ2v) is 1.96. The number of phenolic OH excluding ortho intramolecular Hbond substituents is 2. The SMILES string of the molecule is C=C.OCCO.Oc1ccc(O)cc1. The van der Waals surface area contributed by atoms with Gasteiger partial charge in [-0.3, -0.25) is 0 Å². The molecule has 0 aliphatic rings. The lowest BCUT2D eigenvalue weighted by Gasteiger charge is -1.88. The molecule has 0 unspecified atom stereocenters. The van der Waals surface area contributed by atoms with Crippen LogP contribution in [0.2, 0.25) is 0 Å². The lowest BCUT2D eigenvalue weighted by molar-refractivity contribution is 0.186. The molecular weight excluding hydrogens is 184 g/mol. The Morgan fingerprint density at radius 2 is 1.00 bits per heavy atom. The summed E-state index contributed by atoms with van der Waals surface area (Å²) in [5.41, 5.74) is 0. The lowest BCUT2D eigenvalue weighted by Crippen LogP contribution is -1.85. The fraction of sp³-hybridized carbons (Fsp3) is 0.200. The number of aliphatic hydroxyl groups is 2. The molecule has 14 heavy (non-hydrogen) atoms. The summed E-state index contributed by atoms with van der Waals surface area (Å²) in [6, 6.07) is 5.70. The van der Waals surface area contributed by atoms with E-state index in [2.05, 4.69) is 13.2 Å². The predicted octanol–water partition coefficient (Wildman–Crippen LogP) is 0.871. The summed E-state index contributed by atoms with van der Waals surface area (Å²) in [4.78, 5) is 0. The van der Waals surface area contributed by atoms with E-state index >= 15 is 0 Å². The van der Waals surface area contributed by atoms with Crippen molar-refractivity contribution in [2.45, 2.75) is 0 Å². The van der Waals surface area contributed by atoms with Gasteiger partial charge in [0.15, 0.2) is 0 Å². The van der Waals surface area contributed by atoms with Gasteiger partial charge in [-0.05, 0) is 24.3 Å². The Kier molecular flexibility index (Phi) is 12.3. The molecule has 0 spiro atoms. The van der Waals surface area contributed by atoms with Crippen LogP contribution in [0.4, 0.5) is 0 Å². The Morgan fingerprint density at radius 3 is 1.14 bits per heavy atom. The van der Waals surface area contributed by atoms with Gasteiger partial charge in [-0.25, -0.2) is 0 Å². The van der Waals surface area contributed by atoms with Crippen LogP contribution in [0.25, 0.3) is 0 Å². The molecule has 0 saturated heterocycles. The van der Waals surface area contributed by atoms with Gasteiger partial charge in [-0.2, -0.15) is 0 Å². The minimum Gasteiger partial charge on any atom is -0.508 e. The van der Waals surface area contributed by atoms with Crippen LogP contribution in [0.3, 0.4) is 0 Å². The lowest BCUT2D eigenvalue weighted by atomic mass is 10.3. The van der Waals surface area contributed by atoms with Crippen LogP contribution in [0.5, 0.6) is 11.5 Å². The van der Waals surface area contributed by atoms with Crippen molar-refractivity contribution in [1.29, 1.82) is 0 Å². The van der Waals surface area contributed by atoms with Crippen molar-refractivity contribution >= 4 is 0 Å². The Morgan fingerprint density at radius 1 is 0.786 bits per heavy atom. The maximum Gasteiger partial charge on any atom is 0.115 e. The predicted molar refractivity (Wildman–Crippen MR) is 55.2 cm³/mol. The van der Waals surface area contributed by atoms with Crippen molar-refractivity contribution in [2.75, 3.05) is 13.2 Å². The zero-order valence-corrected chi connectivity index (χ0v) is 7.93. The van der Waals surface area contributed by atoms with E-state index < -0.39 is 0 Å². The van der Waals surface area contributed by atoms with Crippen LogP contribution in [0.1, 0.15) is 0 Å². The fourth-order valence-corrected chi connectivity index (χ4v) is 0.453. The second-order valence-electron chi connectivity index (χ2n) is 1.96. The number of benzene rings is 1. The zero-order chi connectivity index (χ0) is 11.4. The molecule has 0 heterocycles. The molecule has 0 saturated carbocycles. The smallest absolute Gasteiger partial charge is 0.115 e. The van der Waals surface area contributed by atoms with Gasteiger partial charge in [0.05, 0.1) is 13.2 Å². The van der Waals surface area contributed by atoms with Crippen molar-refractivity contribution < 1.29 is 20.4 Å². The molecule has 0 radical (unpaired) electrons. The molecule has 0 bridgehead atoms. The number of hydrogen-bond donors (Lipinski definition) is 4. The average Bonchev–Trinajstić information content (AvgIpc) is 2.26. The van der Waals surface area contributed by atoms with E-state index in [-0.39, 0.29) is 24.7 Å². The monoisotopic (exact) mass is 200 g/mol. The van der Waals surface area contributed by atoms with E-state index in [1.165, 1.54) is 24.3 Å². The molecular formula is C10H16O4. The average molecular weight is 200 g/mol. The Bertz CT molecular complexity index is 185. The molecule has 0 aliphatic carbocycles. The summed E-state index contributed by atoms with van der Waals surface area (Å²) >= 11 is 0. The van der Waals surface area contributed by atoms with Gasteiger partial charge in [-0.15, -0.1) is 13.2 Å². The number of phenols is 2. The third-order valence-electron chi connectivity index (χ3n) is 0.950. The molecule has 1 aromatic rings. The van der Waals surface area contributed by atoms with E-state index in [4.69, 9.17) is 20.4 Å². The van der Waals surface area contributed by atoms with Crippen molar-refractivity contribution in [1.82, 2.24) is 0 Å². The molecule has 80 valence electrons. The first kappa shape index (κ1) is 15.0. The number of aromatic hydroxyl groups is 2. The number of hydrogen-bond acceptors (Lipinski definition) is 4. The highest BCUT2D eigenvalue weighted by Gasteiger charge is 1.84. The largest absolute Gasteiger partial charge is 0.508 e. The summed E-state index contributed by atoms with van der Waals surface area (Å²) < 4.78 is 0. The summed E-state index contributed by atoms with van der Waals surface area (Å²) in [6.07, 6.45) is 0. The molecule has 1 rings (SSSR count). The minimum absolute atomic E-state index is 0.125. The summed E-state index contributed by atoms with van der Waals surface area (Å²) in [5, 5.41) is 32.5. The van der Waals surface area contributed by atoms with Crippen LogP contribution in [-0.2, 0) is 0 Å². The quantitative estimate of drug-likeness (QED) is 0.400. The standard InChI is InChI=1S/C6H6O2.C2H6O2.C2H4/c7-5-1-2-6(8)4-3-5;3-1-2-4;1-2/h1-4,7-8H;3-4H,1-2H2;1-2H2. The third kappa shape index (κ3) is 10.5. The van der Waals surface area contributed by atoms with Gasteiger partial charge < -0.3 is 20.4 Å². The molecule has 4 nitrogen and oxygen atoms in total. The molecule has 1 aromatic carbocycles. The van der Waals surface area contributed by atoms with E-state index in [1.54, 1.807) is 0 Å². The third-order valence-corrected chi connectivity index (χ3v) is 0.950. The van der Waals surface area contributed by atoms with Gasteiger partial charge in [0.2, 0.25) is 0 Å². The zero-order valence-electron chi connectivity index (χ0n) is 7.93. The van der Waals surface area contributed by atoms with Gasteiger partial charge in [0.25, 0.3) is 0 Å². The van der Waals surface area contributed by atoms with Crippen LogP contribution >= 0.6 is 0 Å². The Hall–Kier alpha value is -1.52. The van der Waals surface area contributed by atoms with Gasteiger partial charge in [0.1, 0.15) is 11.5 Å². The summed E-state index contributed by atoms with van der Waals surface area (Å²) in [6.45, 7) is 5.75. The molecule has 4 N–H and O–H groups in total. The second kappa shape index (κ2) is 11.5. The van der Waals surface area contributed by atoms with Crippen molar-refractivity contribution in [3.8, 4) is 11.5 Å². The van der Waals surface area contributed by atoms with Gasteiger partial charge in [0, 0.05) is 0 Å². The minimum atomic E-state index is -0.125. The number of rotatable bonds is 1. The van der Waals surface area contributed by atoms with E-state index in [9.17, 15) is 0 Å². The Balaban J connectivity index is 0. The Labute approximate surface area is 83.4 Å². The first-order valence-corrected chi connectivity index (χ1v) is 3.90. The first-order valence-electron chi connectivity index (χ1n) is 3.90. The van der Waals surface area contributed by atoms with E-state index in [1.807, 2.05) is 0 Å². The number of aliphatic hydroxyl groups excluding tert-OH is 2. The molecule has 0 amide bonds. The highest BCUT2D eigenvalue weighted by atomic mass is 16.3. The topological polar surface area (TPSA) is 80.9 Å². The van der Waals surface area contributed by atoms with Crippen LogP contribution in [0, 0.1) is 0 Å². The van der Waals surface area contributed by atoms with Gasteiger partial charge >= 0.3 is 0 Å². The summed E-state index contributed by atoms with van der Waals surface area (Å²) in [5.74, 6) is 0.339. The molecule has 0 atom stereocenters.